The molecule has 2 aromatic rings. The van der Waals surface area contributed by atoms with Crippen LogP contribution in [0, 0.1) is 0 Å². The van der Waals surface area contributed by atoms with Gasteiger partial charge in [0, 0.05) is 26.4 Å². The summed E-state index contributed by atoms with van der Waals surface area (Å²) in [5.74, 6) is 0.877. The first-order valence-corrected chi connectivity index (χ1v) is 9.28. The van der Waals surface area contributed by atoms with Gasteiger partial charge >= 0.3 is 0 Å². The van der Waals surface area contributed by atoms with Gasteiger partial charge < -0.3 is 19.7 Å². The summed E-state index contributed by atoms with van der Waals surface area (Å²) in [5, 5.41) is 4.95. The summed E-state index contributed by atoms with van der Waals surface area (Å²) in [7, 11) is 1.66. The van der Waals surface area contributed by atoms with E-state index in [1.54, 1.807) is 7.11 Å². The molecule has 0 aliphatic carbocycles. The Labute approximate surface area is 159 Å². The van der Waals surface area contributed by atoms with Crippen LogP contribution < -0.4 is 10.1 Å². The van der Waals surface area contributed by atoms with Crippen molar-refractivity contribution in [3.63, 3.8) is 0 Å². The van der Waals surface area contributed by atoms with E-state index in [2.05, 4.69) is 23.5 Å². The van der Waals surface area contributed by atoms with Gasteiger partial charge in [-0.15, -0.1) is 0 Å². The standard InChI is InChI=1S/C21H26N2O4/c1-15(24)22-9-3-4-21(25)23-10-11-27-20(14-23)18-6-5-17-13-19(26-2)8-7-16(17)12-18/h5-8,12-13,20H,3-4,9-11,14H2,1-2H3,(H,22,24). The molecule has 0 saturated carbocycles. The predicted molar refractivity (Wildman–Crippen MR) is 104 cm³/mol. The van der Waals surface area contributed by atoms with E-state index in [4.69, 9.17) is 9.47 Å². The summed E-state index contributed by atoms with van der Waals surface area (Å²) in [6.07, 6.45) is 0.965. The molecule has 1 atom stereocenters. The summed E-state index contributed by atoms with van der Waals surface area (Å²) in [4.78, 5) is 25.2. The average Bonchev–Trinajstić information content (AvgIpc) is 2.70. The molecule has 144 valence electrons. The van der Waals surface area contributed by atoms with Crippen molar-refractivity contribution in [3.05, 3.63) is 42.0 Å². The van der Waals surface area contributed by atoms with Crippen molar-refractivity contribution in [1.82, 2.24) is 10.2 Å². The first-order valence-electron chi connectivity index (χ1n) is 9.28. The topological polar surface area (TPSA) is 67.9 Å². The first kappa shape index (κ1) is 19.2. The predicted octanol–water partition coefficient (Wildman–Crippen LogP) is 2.66. The van der Waals surface area contributed by atoms with Gasteiger partial charge in [-0.2, -0.15) is 0 Å². The molecule has 1 fully saturated rings. The Morgan fingerprint density at radius 2 is 2.00 bits per heavy atom. The van der Waals surface area contributed by atoms with Crippen LogP contribution in [0.3, 0.4) is 0 Å². The van der Waals surface area contributed by atoms with Crippen LogP contribution in [0.4, 0.5) is 0 Å². The number of rotatable bonds is 6. The normalized spacial score (nSPS) is 17.0. The molecular weight excluding hydrogens is 344 g/mol. The van der Waals surface area contributed by atoms with Gasteiger partial charge in [0.05, 0.1) is 20.3 Å². The number of methoxy groups -OCH3 is 1. The molecule has 0 spiro atoms. The van der Waals surface area contributed by atoms with Gasteiger partial charge in [-0.1, -0.05) is 18.2 Å². The fraction of sp³-hybridized carbons (Fsp3) is 0.429. The maximum Gasteiger partial charge on any atom is 0.222 e. The molecule has 0 bridgehead atoms. The van der Waals surface area contributed by atoms with Crippen LogP contribution in [0.2, 0.25) is 0 Å². The second kappa shape index (κ2) is 8.86. The monoisotopic (exact) mass is 370 g/mol. The van der Waals surface area contributed by atoms with Crippen molar-refractivity contribution in [3.8, 4) is 5.75 Å². The third kappa shape index (κ3) is 4.98. The molecule has 1 N–H and O–H groups in total. The van der Waals surface area contributed by atoms with Gasteiger partial charge in [0.15, 0.2) is 0 Å². The van der Waals surface area contributed by atoms with Crippen molar-refractivity contribution >= 4 is 22.6 Å². The third-order valence-electron chi connectivity index (χ3n) is 4.80. The molecule has 2 aromatic carbocycles. The number of carbonyl (C=O) groups is 2. The van der Waals surface area contributed by atoms with E-state index in [0.717, 1.165) is 22.1 Å². The van der Waals surface area contributed by atoms with Crippen LogP contribution in [0.25, 0.3) is 10.8 Å². The van der Waals surface area contributed by atoms with Gasteiger partial charge in [0.1, 0.15) is 11.9 Å². The molecule has 6 nitrogen and oxygen atoms in total. The number of nitrogens with one attached hydrogen (secondary N) is 1. The summed E-state index contributed by atoms with van der Waals surface area (Å²) < 4.78 is 11.2. The second-order valence-electron chi connectivity index (χ2n) is 6.76. The minimum atomic E-state index is -0.121. The van der Waals surface area contributed by atoms with E-state index in [9.17, 15) is 9.59 Å². The number of hydrogen-bond acceptors (Lipinski definition) is 4. The number of ether oxygens (including phenoxy) is 2. The zero-order valence-corrected chi connectivity index (χ0v) is 15.9. The van der Waals surface area contributed by atoms with E-state index in [1.165, 1.54) is 6.92 Å². The van der Waals surface area contributed by atoms with Gasteiger partial charge in [-0.05, 0) is 41.0 Å². The molecule has 1 unspecified atom stereocenters. The Bertz CT molecular complexity index is 821. The molecular formula is C21H26N2O4. The van der Waals surface area contributed by atoms with E-state index in [0.29, 0.717) is 39.1 Å². The Morgan fingerprint density at radius 3 is 2.78 bits per heavy atom. The van der Waals surface area contributed by atoms with Gasteiger partial charge in [-0.3, -0.25) is 9.59 Å². The van der Waals surface area contributed by atoms with Crippen molar-refractivity contribution in [2.45, 2.75) is 25.9 Å². The SMILES string of the molecule is COc1ccc2cc(C3CN(C(=O)CCCNC(C)=O)CCO3)ccc2c1. The van der Waals surface area contributed by atoms with E-state index in [-0.39, 0.29) is 17.9 Å². The molecule has 1 aliphatic rings. The zero-order valence-electron chi connectivity index (χ0n) is 15.9. The molecule has 2 amide bonds. The highest BCUT2D eigenvalue weighted by Gasteiger charge is 2.25. The summed E-state index contributed by atoms with van der Waals surface area (Å²) in [6, 6.07) is 12.2. The highest BCUT2D eigenvalue weighted by atomic mass is 16.5. The molecule has 1 saturated heterocycles. The number of nitrogens with zero attached hydrogens (tertiary/aromatic N) is 1. The number of morpholine rings is 1. The van der Waals surface area contributed by atoms with Gasteiger partial charge in [0.25, 0.3) is 0 Å². The van der Waals surface area contributed by atoms with Crippen molar-refractivity contribution in [2.24, 2.45) is 0 Å². The molecule has 0 aromatic heterocycles. The lowest BCUT2D eigenvalue weighted by molar-refractivity contribution is -0.139. The zero-order chi connectivity index (χ0) is 19.2. The lowest BCUT2D eigenvalue weighted by Crippen LogP contribution is -2.42. The quantitative estimate of drug-likeness (QED) is 0.794. The number of benzene rings is 2. The minimum Gasteiger partial charge on any atom is -0.497 e. The number of hydrogen-bond donors (Lipinski definition) is 1. The number of carbonyl (C=O) groups excluding carboxylic acids is 2. The lowest BCUT2D eigenvalue weighted by Gasteiger charge is -2.33. The highest BCUT2D eigenvalue weighted by molar-refractivity contribution is 5.84. The van der Waals surface area contributed by atoms with Crippen LogP contribution >= 0.6 is 0 Å². The summed E-state index contributed by atoms with van der Waals surface area (Å²) in [6.45, 7) is 3.71. The van der Waals surface area contributed by atoms with E-state index >= 15 is 0 Å². The highest BCUT2D eigenvalue weighted by Crippen LogP contribution is 2.28. The molecule has 27 heavy (non-hydrogen) atoms. The second-order valence-corrected chi connectivity index (χ2v) is 6.76. The summed E-state index contributed by atoms with van der Waals surface area (Å²) >= 11 is 0. The van der Waals surface area contributed by atoms with E-state index < -0.39 is 0 Å². The fourth-order valence-electron chi connectivity index (χ4n) is 3.31. The first-order chi connectivity index (χ1) is 13.1. The molecule has 1 aliphatic heterocycles. The molecule has 1 heterocycles. The van der Waals surface area contributed by atoms with Crippen LogP contribution in [0.15, 0.2) is 36.4 Å². The summed E-state index contributed by atoms with van der Waals surface area (Å²) in [5.41, 5.74) is 1.07. The molecule has 3 rings (SSSR count). The van der Waals surface area contributed by atoms with Crippen molar-refractivity contribution < 1.29 is 19.1 Å². The van der Waals surface area contributed by atoms with Crippen LogP contribution in [-0.2, 0) is 14.3 Å². The minimum absolute atomic E-state index is 0.0668. The van der Waals surface area contributed by atoms with E-state index in [1.807, 2.05) is 23.1 Å². The Hall–Kier alpha value is -2.60. The smallest absolute Gasteiger partial charge is 0.222 e. The third-order valence-corrected chi connectivity index (χ3v) is 4.80. The van der Waals surface area contributed by atoms with Crippen LogP contribution in [0.5, 0.6) is 5.75 Å². The average molecular weight is 370 g/mol. The van der Waals surface area contributed by atoms with Gasteiger partial charge in [0.2, 0.25) is 11.8 Å². The van der Waals surface area contributed by atoms with Crippen molar-refractivity contribution in [1.29, 1.82) is 0 Å². The molecule has 0 radical (unpaired) electrons. The van der Waals surface area contributed by atoms with Crippen molar-refractivity contribution in [2.75, 3.05) is 33.4 Å². The molecule has 6 heteroatoms. The lowest BCUT2D eigenvalue weighted by atomic mass is 10.0. The van der Waals surface area contributed by atoms with Gasteiger partial charge in [-0.25, -0.2) is 0 Å². The largest absolute Gasteiger partial charge is 0.497 e. The Morgan fingerprint density at radius 1 is 1.22 bits per heavy atom. The fourth-order valence-corrected chi connectivity index (χ4v) is 3.31. The van der Waals surface area contributed by atoms with Crippen LogP contribution in [0.1, 0.15) is 31.4 Å². The Balaban J connectivity index is 1.62. The number of fused-ring (bicyclic) bond motifs is 1. The maximum absolute atomic E-state index is 12.4. The maximum atomic E-state index is 12.4. The number of amides is 2. The Kier molecular flexibility index (Phi) is 6.29. The van der Waals surface area contributed by atoms with Crippen LogP contribution in [-0.4, -0.2) is 50.1 Å².